The first-order valence-electron chi connectivity index (χ1n) is 9.03. The third-order valence-electron chi connectivity index (χ3n) is 5.24. The van der Waals surface area contributed by atoms with E-state index in [0.29, 0.717) is 0 Å². The van der Waals surface area contributed by atoms with E-state index in [1.165, 1.54) is 44.5 Å². The van der Waals surface area contributed by atoms with Gasteiger partial charge in [-0.05, 0) is 79.3 Å². The summed E-state index contributed by atoms with van der Waals surface area (Å²) in [5, 5.41) is 3.52. The van der Waals surface area contributed by atoms with Crippen molar-refractivity contribution in [1.82, 2.24) is 5.32 Å². The first kappa shape index (κ1) is 16.4. The zero-order chi connectivity index (χ0) is 18.3. The summed E-state index contributed by atoms with van der Waals surface area (Å²) >= 11 is 0. The Bertz CT molecular complexity index is 1050. The van der Waals surface area contributed by atoms with Crippen LogP contribution in [-0.2, 0) is 6.42 Å². The van der Waals surface area contributed by atoms with E-state index in [1.807, 2.05) is 6.08 Å². The summed E-state index contributed by atoms with van der Waals surface area (Å²) in [6.07, 6.45) is 7.27. The van der Waals surface area contributed by atoms with Crippen LogP contribution in [0, 0.1) is 20.8 Å². The van der Waals surface area contributed by atoms with Crippen LogP contribution in [0.4, 0.5) is 0 Å². The summed E-state index contributed by atoms with van der Waals surface area (Å²) in [5.74, 6) is 0. The van der Waals surface area contributed by atoms with Gasteiger partial charge in [0.05, 0.1) is 0 Å². The number of allylic oxidation sites excluding steroid dienone is 4. The zero-order valence-corrected chi connectivity index (χ0v) is 15.6. The van der Waals surface area contributed by atoms with E-state index < -0.39 is 0 Å². The van der Waals surface area contributed by atoms with Gasteiger partial charge in [-0.15, -0.1) is 5.73 Å². The second-order valence-electron chi connectivity index (χ2n) is 7.17. The van der Waals surface area contributed by atoms with E-state index in [2.05, 4.69) is 86.9 Å². The van der Waals surface area contributed by atoms with Crippen LogP contribution in [0.15, 0.2) is 78.2 Å². The number of nitrogens with one attached hydrogen (secondary N) is 1. The molecule has 0 aromatic heterocycles. The molecule has 26 heavy (non-hydrogen) atoms. The Kier molecular flexibility index (Phi) is 4.03. The SMILES string of the molecule is C=C(NC1=CC=C=C2C(=C1)Cc1ccccc12)c1cc(C)cc(C)c1C. The van der Waals surface area contributed by atoms with Crippen molar-refractivity contribution in [2.45, 2.75) is 27.2 Å². The van der Waals surface area contributed by atoms with Gasteiger partial charge in [0, 0.05) is 22.5 Å². The molecule has 2 aliphatic rings. The molecule has 0 saturated carbocycles. The van der Waals surface area contributed by atoms with Gasteiger partial charge in [-0.1, -0.05) is 42.5 Å². The third kappa shape index (κ3) is 2.87. The molecule has 1 heteroatoms. The van der Waals surface area contributed by atoms with Crippen molar-refractivity contribution in [3.05, 3.63) is 112 Å². The molecule has 2 aromatic carbocycles. The van der Waals surface area contributed by atoms with Crippen LogP contribution in [0.2, 0.25) is 0 Å². The molecule has 4 rings (SSSR count). The summed E-state index contributed by atoms with van der Waals surface area (Å²) in [5.41, 5.74) is 15.6. The normalized spacial score (nSPS) is 14.7. The van der Waals surface area contributed by atoms with Crippen LogP contribution < -0.4 is 5.32 Å². The van der Waals surface area contributed by atoms with Crippen LogP contribution in [0.25, 0.3) is 11.3 Å². The highest BCUT2D eigenvalue weighted by Gasteiger charge is 2.21. The van der Waals surface area contributed by atoms with Gasteiger partial charge in [0.1, 0.15) is 0 Å². The maximum atomic E-state index is 4.30. The molecule has 0 bridgehead atoms. The van der Waals surface area contributed by atoms with Crippen LogP contribution >= 0.6 is 0 Å². The van der Waals surface area contributed by atoms with Crippen molar-refractivity contribution in [2.75, 3.05) is 0 Å². The highest BCUT2D eigenvalue weighted by Crippen LogP contribution is 2.37. The monoisotopic (exact) mass is 337 g/mol. The standard InChI is InChI=1S/C25H23N/c1-16-12-17(2)18(3)25(13-16)19(4)26-22-9-7-11-24-21(15-22)14-20-8-5-6-10-23(20)24/h5-10,12-13,15,26H,4,14H2,1-3H3. The lowest BCUT2D eigenvalue weighted by molar-refractivity contribution is 1.11. The maximum Gasteiger partial charge on any atom is 0.0393 e. The van der Waals surface area contributed by atoms with Crippen LogP contribution in [0.1, 0.15) is 33.4 Å². The number of hydrogen-bond donors (Lipinski definition) is 1. The van der Waals surface area contributed by atoms with E-state index in [0.717, 1.165) is 17.8 Å². The minimum absolute atomic E-state index is 0.935. The number of benzene rings is 2. The van der Waals surface area contributed by atoms with Crippen molar-refractivity contribution >= 4 is 11.3 Å². The Hall–Kier alpha value is -3.02. The first-order valence-corrected chi connectivity index (χ1v) is 9.03. The smallest absolute Gasteiger partial charge is 0.0393 e. The van der Waals surface area contributed by atoms with Crippen molar-refractivity contribution in [3.63, 3.8) is 0 Å². The van der Waals surface area contributed by atoms with Gasteiger partial charge in [-0.25, -0.2) is 0 Å². The summed E-state index contributed by atoms with van der Waals surface area (Å²) < 4.78 is 0. The lowest BCUT2D eigenvalue weighted by Gasteiger charge is -2.16. The average Bonchev–Trinajstić information content (AvgIpc) is 2.83. The van der Waals surface area contributed by atoms with Crippen LogP contribution in [-0.4, -0.2) is 0 Å². The van der Waals surface area contributed by atoms with Crippen molar-refractivity contribution < 1.29 is 0 Å². The van der Waals surface area contributed by atoms with E-state index in [4.69, 9.17) is 0 Å². The predicted octanol–water partition coefficient (Wildman–Crippen LogP) is 5.79. The summed E-state index contributed by atoms with van der Waals surface area (Å²) in [6.45, 7) is 10.7. The average molecular weight is 337 g/mol. The van der Waals surface area contributed by atoms with Gasteiger partial charge >= 0.3 is 0 Å². The van der Waals surface area contributed by atoms with Crippen molar-refractivity contribution in [3.8, 4) is 0 Å². The maximum absolute atomic E-state index is 4.30. The van der Waals surface area contributed by atoms with Gasteiger partial charge in [-0.3, -0.25) is 0 Å². The van der Waals surface area contributed by atoms with E-state index in [-0.39, 0.29) is 0 Å². The molecule has 1 N–H and O–H groups in total. The Morgan fingerprint density at radius 3 is 2.77 bits per heavy atom. The Morgan fingerprint density at radius 2 is 1.92 bits per heavy atom. The molecule has 0 unspecified atom stereocenters. The minimum Gasteiger partial charge on any atom is -0.355 e. The molecule has 0 atom stereocenters. The van der Waals surface area contributed by atoms with Gasteiger partial charge in [0.25, 0.3) is 0 Å². The second-order valence-corrected chi connectivity index (χ2v) is 7.17. The van der Waals surface area contributed by atoms with Gasteiger partial charge < -0.3 is 5.32 Å². The molecule has 0 fully saturated rings. The first-order chi connectivity index (χ1) is 12.5. The van der Waals surface area contributed by atoms with Gasteiger partial charge in [0.15, 0.2) is 0 Å². The fourth-order valence-corrected chi connectivity index (χ4v) is 3.80. The van der Waals surface area contributed by atoms with Crippen LogP contribution in [0.5, 0.6) is 0 Å². The van der Waals surface area contributed by atoms with Gasteiger partial charge in [-0.2, -0.15) is 0 Å². The fourth-order valence-electron chi connectivity index (χ4n) is 3.80. The molecule has 0 spiro atoms. The van der Waals surface area contributed by atoms with Crippen molar-refractivity contribution in [1.29, 1.82) is 0 Å². The highest BCUT2D eigenvalue weighted by atomic mass is 14.9. The summed E-state index contributed by atoms with van der Waals surface area (Å²) in [7, 11) is 0. The molecular formula is C25H23N. The lowest BCUT2D eigenvalue weighted by atomic mass is 9.98. The van der Waals surface area contributed by atoms with Crippen molar-refractivity contribution in [2.24, 2.45) is 0 Å². The Labute approximate surface area is 155 Å². The molecule has 0 aliphatic heterocycles. The van der Waals surface area contributed by atoms with E-state index in [9.17, 15) is 0 Å². The molecule has 0 saturated heterocycles. The van der Waals surface area contributed by atoms with Crippen LogP contribution in [0.3, 0.4) is 0 Å². The number of aryl methyl sites for hydroxylation is 2. The molecule has 2 aliphatic carbocycles. The van der Waals surface area contributed by atoms with Gasteiger partial charge in [0.2, 0.25) is 0 Å². The Balaban J connectivity index is 1.62. The largest absolute Gasteiger partial charge is 0.355 e. The Morgan fingerprint density at radius 1 is 1.12 bits per heavy atom. The molecule has 0 amide bonds. The quantitative estimate of drug-likeness (QED) is 0.699. The molecule has 2 aromatic rings. The summed E-state index contributed by atoms with van der Waals surface area (Å²) in [4.78, 5) is 0. The second kappa shape index (κ2) is 6.37. The third-order valence-corrected chi connectivity index (χ3v) is 5.24. The number of hydrogen-bond acceptors (Lipinski definition) is 1. The fraction of sp³-hybridized carbons (Fsp3) is 0.160. The van der Waals surface area contributed by atoms with E-state index in [1.54, 1.807) is 0 Å². The molecule has 0 radical (unpaired) electrons. The number of fused-ring (bicyclic) bond motifs is 3. The number of rotatable bonds is 3. The topological polar surface area (TPSA) is 12.0 Å². The summed E-state index contributed by atoms with van der Waals surface area (Å²) in [6, 6.07) is 13.0. The molecular weight excluding hydrogens is 314 g/mol. The predicted molar refractivity (Wildman–Crippen MR) is 111 cm³/mol. The minimum atomic E-state index is 0.935. The lowest BCUT2D eigenvalue weighted by Crippen LogP contribution is -2.11. The molecule has 0 heterocycles. The zero-order valence-electron chi connectivity index (χ0n) is 15.6. The van der Waals surface area contributed by atoms with E-state index >= 15 is 0 Å². The molecule has 128 valence electrons. The molecule has 1 nitrogen and oxygen atoms in total. The highest BCUT2D eigenvalue weighted by molar-refractivity contribution is 5.87.